The van der Waals surface area contributed by atoms with Crippen LogP contribution in [0.4, 0.5) is 0 Å². The number of hydrogen-bond donors (Lipinski definition) is 0. The van der Waals surface area contributed by atoms with Gasteiger partial charge in [0.1, 0.15) is 5.01 Å². The Hall–Kier alpha value is -2.31. The molecule has 25 heavy (non-hydrogen) atoms. The van der Waals surface area contributed by atoms with E-state index < -0.39 is 5.97 Å². The third kappa shape index (κ3) is 4.21. The zero-order valence-electron chi connectivity index (χ0n) is 13.9. The van der Waals surface area contributed by atoms with Gasteiger partial charge in [-0.05, 0) is 25.5 Å². The van der Waals surface area contributed by atoms with Crippen LogP contribution in [-0.2, 0) is 11.2 Å². The van der Waals surface area contributed by atoms with E-state index in [9.17, 15) is 9.59 Å². The van der Waals surface area contributed by atoms with Gasteiger partial charge in [0.25, 0.3) is 0 Å². The summed E-state index contributed by atoms with van der Waals surface area (Å²) in [5.74, 6) is -0.762. The second-order valence-electron chi connectivity index (χ2n) is 5.52. The molecule has 2 heterocycles. The fourth-order valence-corrected chi connectivity index (χ4v) is 3.86. The first kappa shape index (κ1) is 17.5. The van der Waals surface area contributed by atoms with Crippen LogP contribution in [-0.4, -0.2) is 23.3 Å². The topological polar surface area (TPSA) is 56.3 Å². The highest BCUT2D eigenvalue weighted by atomic mass is 32.1. The van der Waals surface area contributed by atoms with E-state index in [0.29, 0.717) is 4.88 Å². The second kappa shape index (κ2) is 7.72. The van der Waals surface area contributed by atoms with Crippen molar-refractivity contribution in [3.05, 3.63) is 62.8 Å². The maximum absolute atomic E-state index is 12.1. The van der Waals surface area contributed by atoms with Gasteiger partial charge in [-0.3, -0.25) is 4.79 Å². The molecule has 0 aliphatic heterocycles. The van der Waals surface area contributed by atoms with Crippen molar-refractivity contribution < 1.29 is 14.3 Å². The highest BCUT2D eigenvalue weighted by molar-refractivity contribution is 7.14. The smallest absolute Gasteiger partial charge is 0.358 e. The van der Waals surface area contributed by atoms with E-state index in [2.05, 4.69) is 4.98 Å². The fraction of sp³-hybridized carbons (Fsp3) is 0.211. The summed E-state index contributed by atoms with van der Waals surface area (Å²) in [5, 5.41) is 2.41. The Kier molecular flexibility index (Phi) is 5.40. The van der Waals surface area contributed by atoms with E-state index in [0.717, 1.165) is 21.9 Å². The Balaban J connectivity index is 1.62. The number of benzene rings is 1. The lowest BCUT2D eigenvalue weighted by Crippen LogP contribution is -2.13. The van der Waals surface area contributed by atoms with Crippen LogP contribution in [0.2, 0.25) is 0 Å². The number of thiazole rings is 1. The number of hydrogen-bond acceptors (Lipinski definition) is 6. The van der Waals surface area contributed by atoms with Crippen molar-refractivity contribution in [3.8, 4) is 10.6 Å². The molecule has 128 valence electrons. The SMILES string of the molecule is CCc1ccc(C(=O)COC(=O)c2csc(-c3ccc(C)cc3)n2)s1. The summed E-state index contributed by atoms with van der Waals surface area (Å²) in [7, 11) is 0. The van der Waals surface area contributed by atoms with Gasteiger partial charge in [-0.25, -0.2) is 9.78 Å². The van der Waals surface area contributed by atoms with E-state index in [-0.39, 0.29) is 18.1 Å². The van der Waals surface area contributed by atoms with Gasteiger partial charge in [-0.1, -0.05) is 36.8 Å². The second-order valence-corrected chi connectivity index (χ2v) is 7.55. The fourth-order valence-electron chi connectivity index (χ4n) is 2.19. The number of ether oxygens (including phenoxy) is 1. The zero-order valence-corrected chi connectivity index (χ0v) is 15.6. The first-order valence-corrected chi connectivity index (χ1v) is 9.58. The zero-order chi connectivity index (χ0) is 17.8. The van der Waals surface area contributed by atoms with Crippen LogP contribution in [0.25, 0.3) is 10.6 Å². The number of Topliss-reactive ketones (excluding diaryl/α,β-unsaturated/α-hetero) is 1. The van der Waals surface area contributed by atoms with Crippen LogP contribution in [0.1, 0.15) is 37.5 Å². The predicted octanol–water partition coefficient (Wildman–Crippen LogP) is 4.78. The van der Waals surface area contributed by atoms with Gasteiger partial charge >= 0.3 is 5.97 Å². The standard InChI is InChI=1S/C19H17NO3S2/c1-3-14-8-9-17(25-14)16(21)10-23-19(22)15-11-24-18(20-15)13-6-4-12(2)5-7-13/h4-9,11H,3,10H2,1-2H3. The summed E-state index contributed by atoms with van der Waals surface area (Å²) in [6, 6.07) is 11.6. The number of aryl methyl sites for hydroxylation is 2. The van der Waals surface area contributed by atoms with Crippen LogP contribution < -0.4 is 0 Å². The van der Waals surface area contributed by atoms with Crippen molar-refractivity contribution >= 4 is 34.4 Å². The highest BCUT2D eigenvalue weighted by Gasteiger charge is 2.16. The molecule has 0 bridgehead atoms. The quantitative estimate of drug-likeness (QED) is 0.462. The number of thiophene rings is 1. The first-order chi connectivity index (χ1) is 12.1. The monoisotopic (exact) mass is 371 g/mol. The molecule has 0 radical (unpaired) electrons. The average molecular weight is 371 g/mol. The van der Waals surface area contributed by atoms with Crippen molar-refractivity contribution in [2.24, 2.45) is 0 Å². The lowest BCUT2D eigenvalue weighted by atomic mass is 10.2. The molecule has 0 spiro atoms. The summed E-state index contributed by atoms with van der Waals surface area (Å²) in [6.45, 7) is 3.79. The minimum Gasteiger partial charge on any atom is -0.453 e. The molecule has 0 aliphatic rings. The van der Waals surface area contributed by atoms with Gasteiger partial charge in [0.2, 0.25) is 5.78 Å². The molecule has 2 aromatic heterocycles. The Bertz CT molecular complexity index is 894. The van der Waals surface area contributed by atoms with Crippen molar-refractivity contribution in [1.29, 1.82) is 0 Å². The molecule has 0 amide bonds. The molecule has 0 saturated heterocycles. The first-order valence-electron chi connectivity index (χ1n) is 7.88. The predicted molar refractivity (Wildman–Crippen MR) is 101 cm³/mol. The van der Waals surface area contributed by atoms with E-state index in [4.69, 9.17) is 4.74 Å². The number of nitrogens with zero attached hydrogens (tertiary/aromatic N) is 1. The molecule has 0 unspecified atom stereocenters. The Labute approximate surface area is 154 Å². The Morgan fingerprint density at radius 2 is 1.88 bits per heavy atom. The van der Waals surface area contributed by atoms with Crippen LogP contribution in [0, 0.1) is 6.92 Å². The van der Waals surface area contributed by atoms with Gasteiger partial charge in [0.05, 0.1) is 4.88 Å². The number of ketones is 1. The number of rotatable bonds is 6. The highest BCUT2D eigenvalue weighted by Crippen LogP contribution is 2.24. The maximum Gasteiger partial charge on any atom is 0.358 e. The molecule has 0 fully saturated rings. The maximum atomic E-state index is 12.1. The van der Waals surface area contributed by atoms with E-state index in [1.165, 1.54) is 28.2 Å². The summed E-state index contributed by atoms with van der Waals surface area (Å²) in [4.78, 5) is 30.3. The summed E-state index contributed by atoms with van der Waals surface area (Å²) < 4.78 is 5.12. The van der Waals surface area contributed by atoms with Crippen LogP contribution >= 0.6 is 22.7 Å². The number of aromatic nitrogens is 1. The van der Waals surface area contributed by atoms with E-state index in [1.54, 1.807) is 11.4 Å². The molecule has 6 heteroatoms. The van der Waals surface area contributed by atoms with Crippen LogP contribution in [0.3, 0.4) is 0 Å². The average Bonchev–Trinajstić information content (AvgIpc) is 3.29. The Morgan fingerprint density at radius 1 is 1.12 bits per heavy atom. The molecule has 0 atom stereocenters. The third-order valence-electron chi connectivity index (χ3n) is 3.63. The van der Waals surface area contributed by atoms with Crippen LogP contribution in [0.15, 0.2) is 41.8 Å². The van der Waals surface area contributed by atoms with Gasteiger partial charge in [0.15, 0.2) is 12.3 Å². The molecule has 1 aromatic carbocycles. The number of carbonyl (C=O) groups excluding carboxylic acids is 2. The van der Waals surface area contributed by atoms with Crippen molar-refractivity contribution in [3.63, 3.8) is 0 Å². The van der Waals surface area contributed by atoms with Gasteiger partial charge in [-0.15, -0.1) is 22.7 Å². The molecule has 0 saturated carbocycles. The normalized spacial score (nSPS) is 10.6. The third-order valence-corrected chi connectivity index (χ3v) is 5.79. The summed E-state index contributed by atoms with van der Waals surface area (Å²) >= 11 is 2.82. The van der Waals surface area contributed by atoms with Gasteiger partial charge in [0, 0.05) is 15.8 Å². The molecule has 0 aliphatic carbocycles. The largest absolute Gasteiger partial charge is 0.453 e. The number of esters is 1. The minimum atomic E-state index is -0.574. The van der Waals surface area contributed by atoms with Crippen molar-refractivity contribution in [1.82, 2.24) is 4.98 Å². The lowest BCUT2D eigenvalue weighted by molar-refractivity contribution is 0.0471. The molecule has 4 nitrogen and oxygen atoms in total. The van der Waals surface area contributed by atoms with E-state index >= 15 is 0 Å². The molecule has 3 aromatic rings. The minimum absolute atomic E-state index is 0.188. The van der Waals surface area contributed by atoms with Crippen molar-refractivity contribution in [2.75, 3.05) is 6.61 Å². The molecular weight excluding hydrogens is 354 g/mol. The lowest BCUT2D eigenvalue weighted by Gasteiger charge is -2.01. The van der Waals surface area contributed by atoms with E-state index in [1.807, 2.05) is 44.2 Å². The molecule has 0 N–H and O–H groups in total. The molecular formula is C19H17NO3S2. The summed E-state index contributed by atoms with van der Waals surface area (Å²) in [5.41, 5.74) is 2.35. The van der Waals surface area contributed by atoms with Gasteiger partial charge < -0.3 is 4.74 Å². The number of carbonyl (C=O) groups is 2. The Morgan fingerprint density at radius 3 is 2.56 bits per heavy atom. The van der Waals surface area contributed by atoms with Crippen LogP contribution in [0.5, 0.6) is 0 Å². The molecule has 3 rings (SSSR count). The van der Waals surface area contributed by atoms with Gasteiger partial charge in [-0.2, -0.15) is 0 Å². The van der Waals surface area contributed by atoms with Crippen molar-refractivity contribution in [2.45, 2.75) is 20.3 Å². The summed E-state index contributed by atoms with van der Waals surface area (Å²) in [6.07, 6.45) is 0.887.